The quantitative estimate of drug-likeness (QED) is 0.892. The van der Waals surface area contributed by atoms with Crippen LogP contribution in [0.3, 0.4) is 0 Å². The molecule has 1 fully saturated rings. The van der Waals surface area contributed by atoms with E-state index in [0.717, 1.165) is 18.8 Å². The van der Waals surface area contributed by atoms with Crippen LogP contribution in [0, 0.1) is 0 Å². The Bertz CT molecular complexity index is 431. The lowest BCUT2D eigenvalue weighted by Gasteiger charge is -2.25. The minimum absolute atomic E-state index is 0.0735. The maximum atomic E-state index is 11.9. The van der Waals surface area contributed by atoms with E-state index in [9.17, 15) is 4.79 Å². The molecule has 0 saturated carbocycles. The summed E-state index contributed by atoms with van der Waals surface area (Å²) in [7, 11) is 0. The molecule has 2 heterocycles. The summed E-state index contributed by atoms with van der Waals surface area (Å²) in [5.74, 6) is 1.16. The molecule has 0 aromatic carbocycles. The molecule has 1 aromatic heterocycles. The fraction of sp³-hybridized carbons (Fsp3) is 0.692. The van der Waals surface area contributed by atoms with Crippen LogP contribution in [0.5, 0.6) is 0 Å². The molecule has 1 amide bonds. The van der Waals surface area contributed by atoms with Gasteiger partial charge in [0.2, 0.25) is 5.91 Å². The van der Waals surface area contributed by atoms with Gasteiger partial charge in [0, 0.05) is 24.6 Å². The Hall–Kier alpha value is -1.40. The smallest absolute Gasteiger partial charge is 0.239 e. The van der Waals surface area contributed by atoms with Crippen LogP contribution in [0.25, 0.3) is 0 Å². The predicted molar refractivity (Wildman–Crippen MR) is 71.1 cm³/mol. The fourth-order valence-corrected chi connectivity index (χ4v) is 1.83. The molecule has 106 valence electrons. The summed E-state index contributed by atoms with van der Waals surface area (Å²) in [5.41, 5.74) is -0.111. The molecule has 0 aliphatic carbocycles. The lowest BCUT2D eigenvalue weighted by molar-refractivity contribution is -0.118. The van der Waals surface area contributed by atoms with Gasteiger partial charge in [-0.05, 0) is 0 Å². The highest BCUT2D eigenvalue weighted by atomic mass is 16.5. The van der Waals surface area contributed by atoms with E-state index in [1.807, 2.05) is 20.8 Å². The second kappa shape index (κ2) is 5.71. The SMILES string of the molecule is CC(C)(C)c1cc(NC(=O)CN2CCOCC2)no1. The molecule has 2 rings (SSSR count). The van der Waals surface area contributed by atoms with Gasteiger partial charge in [-0.3, -0.25) is 9.69 Å². The van der Waals surface area contributed by atoms with Gasteiger partial charge in [-0.15, -0.1) is 0 Å². The van der Waals surface area contributed by atoms with E-state index >= 15 is 0 Å². The van der Waals surface area contributed by atoms with Crippen LogP contribution in [0.4, 0.5) is 5.82 Å². The van der Waals surface area contributed by atoms with Gasteiger partial charge in [-0.2, -0.15) is 0 Å². The Morgan fingerprint density at radius 1 is 1.42 bits per heavy atom. The van der Waals surface area contributed by atoms with E-state index in [-0.39, 0.29) is 11.3 Å². The van der Waals surface area contributed by atoms with Crippen LogP contribution in [0.2, 0.25) is 0 Å². The Morgan fingerprint density at radius 3 is 2.68 bits per heavy atom. The molecule has 0 spiro atoms. The van der Waals surface area contributed by atoms with Crippen LogP contribution in [0.1, 0.15) is 26.5 Å². The van der Waals surface area contributed by atoms with E-state index in [2.05, 4.69) is 15.4 Å². The van der Waals surface area contributed by atoms with Gasteiger partial charge in [0.1, 0.15) is 5.76 Å². The van der Waals surface area contributed by atoms with Gasteiger partial charge in [0.15, 0.2) is 5.82 Å². The number of nitrogens with one attached hydrogen (secondary N) is 1. The highest BCUT2D eigenvalue weighted by molar-refractivity contribution is 5.91. The number of nitrogens with zero attached hydrogens (tertiary/aromatic N) is 2. The number of hydrogen-bond donors (Lipinski definition) is 1. The van der Waals surface area contributed by atoms with Crippen LogP contribution in [-0.2, 0) is 14.9 Å². The highest BCUT2D eigenvalue weighted by Crippen LogP contribution is 2.24. The minimum Gasteiger partial charge on any atom is -0.379 e. The zero-order chi connectivity index (χ0) is 13.9. The Kier molecular flexibility index (Phi) is 4.21. The number of morpholine rings is 1. The first-order valence-corrected chi connectivity index (χ1v) is 6.52. The Morgan fingerprint density at radius 2 is 2.11 bits per heavy atom. The lowest BCUT2D eigenvalue weighted by Crippen LogP contribution is -2.41. The van der Waals surface area contributed by atoms with E-state index in [1.54, 1.807) is 6.07 Å². The van der Waals surface area contributed by atoms with Gasteiger partial charge in [0.25, 0.3) is 0 Å². The number of hydrogen-bond acceptors (Lipinski definition) is 5. The van der Waals surface area contributed by atoms with Crippen molar-refractivity contribution in [1.82, 2.24) is 10.1 Å². The third-order valence-corrected chi connectivity index (χ3v) is 2.99. The average molecular weight is 267 g/mol. The molecule has 0 radical (unpaired) electrons. The molecule has 0 atom stereocenters. The van der Waals surface area contributed by atoms with Crippen molar-refractivity contribution in [3.05, 3.63) is 11.8 Å². The highest BCUT2D eigenvalue weighted by Gasteiger charge is 2.21. The summed E-state index contributed by atoms with van der Waals surface area (Å²) in [4.78, 5) is 13.9. The Balaban J connectivity index is 1.86. The first-order valence-electron chi connectivity index (χ1n) is 6.52. The molecule has 0 unspecified atom stereocenters. The van der Waals surface area contributed by atoms with E-state index < -0.39 is 0 Å². The topological polar surface area (TPSA) is 67.6 Å². The fourth-order valence-electron chi connectivity index (χ4n) is 1.83. The summed E-state index contributed by atoms with van der Waals surface area (Å²) < 4.78 is 10.5. The van der Waals surface area contributed by atoms with Crippen molar-refractivity contribution in [2.45, 2.75) is 26.2 Å². The van der Waals surface area contributed by atoms with E-state index in [4.69, 9.17) is 9.26 Å². The van der Waals surface area contributed by atoms with Crippen molar-refractivity contribution in [2.75, 3.05) is 38.2 Å². The van der Waals surface area contributed by atoms with E-state index in [0.29, 0.717) is 25.6 Å². The summed E-state index contributed by atoms with van der Waals surface area (Å²) in [6, 6.07) is 1.78. The number of ether oxygens (including phenoxy) is 1. The summed E-state index contributed by atoms with van der Waals surface area (Å²) in [5, 5.41) is 6.62. The molecule has 6 nitrogen and oxygen atoms in total. The molecule has 19 heavy (non-hydrogen) atoms. The van der Waals surface area contributed by atoms with Crippen molar-refractivity contribution >= 4 is 11.7 Å². The maximum absolute atomic E-state index is 11.9. The minimum atomic E-state index is -0.111. The van der Waals surface area contributed by atoms with Gasteiger partial charge in [0.05, 0.1) is 19.8 Å². The Labute approximate surface area is 113 Å². The number of carbonyl (C=O) groups is 1. The number of aromatic nitrogens is 1. The van der Waals surface area contributed by atoms with Gasteiger partial charge in [-0.25, -0.2) is 0 Å². The molecule has 1 aromatic rings. The molecular formula is C13H21N3O3. The number of rotatable bonds is 3. The van der Waals surface area contributed by atoms with Gasteiger partial charge < -0.3 is 14.6 Å². The number of anilines is 1. The van der Waals surface area contributed by atoms with Crippen LogP contribution >= 0.6 is 0 Å². The molecular weight excluding hydrogens is 246 g/mol. The van der Waals surface area contributed by atoms with Crippen molar-refractivity contribution in [3.8, 4) is 0 Å². The molecule has 1 saturated heterocycles. The van der Waals surface area contributed by atoms with Crippen LogP contribution in [-0.4, -0.2) is 48.8 Å². The third-order valence-electron chi connectivity index (χ3n) is 2.99. The average Bonchev–Trinajstić information content (AvgIpc) is 2.78. The number of carbonyl (C=O) groups excluding carboxylic acids is 1. The van der Waals surface area contributed by atoms with Crippen molar-refractivity contribution < 1.29 is 14.1 Å². The largest absolute Gasteiger partial charge is 0.379 e. The molecule has 1 N–H and O–H groups in total. The van der Waals surface area contributed by atoms with Crippen LogP contribution in [0.15, 0.2) is 10.6 Å². The number of amides is 1. The standard InChI is InChI=1S/C13H21N3O3/c1-13(2,3)10-8-11(15-19-10)14-12(17)9-16-4-6-18-7-5-16/h8H,4-7,9H2,1-3H3,(H,14,15,17). The molecule has 1 aliphatic rings. The second-order valence-electron chi connectivity index (χ2n) is 5.76. The summed E-state index contributed by atoms with van der Waals surface area (Å²) in [6.07, 6.45) is 0. The monoisotopic (exact) mass is 267 g/mol. The maximum Gasteiger partial charge on any atom is 0.239 e. The van der Waals surface area contributed by atoms with Crippen molar-refractivity contribution in [1.29, 1.82) is 0 Å². The first kappa shape index (κ1) is 14.0. The van der Waals surface area contributed by atoms with E-state index in [1.165, 1.54) is 0 Å². The first-order chi connectivity index (χ1) is 8.95. The van der Waals surface area contributed by atoms with Crippen molar-refractivity contribution in [3.63, 3.8) is 0 Å². The van der Waals surface area contributed by atoms with Gasteiger partial charge in [-0.1, -0.05) is 25.9 Å². The third kappa shape index (κ3) is 4.04. The normalized spacial score (nSPS) is 17.4. The summed E-state index contributed by atoms with van der Waals surface area (Å²) in [6.45, 7) is 9.42. The van der Waals surface area contributed by atoms with Gasteiger partial charge >= 0.3 is 0 Å². The summed E-state index contributed by atoms with van der Waals surface area (Å²) >= 11 is 0. The predicted octanol–water partition coefficient (Wildman–Crippen LogP) is 1.24. The molecule has 0 bridgehead atoms. The molecule has 6 heteroatoms. The zero-order valence-electron chi connectivity index (χ0n) is 11.7. The lowest BCUT2D eigenvalue weighted by atomic mass is 9.93. The second-order valence-corrected chi connectivity index (χ2v) is 5.76. The van der Waals surface area contributed by atoms with Crippen LogP contribution < -0.4 is 5.32 Å². The van der Waals surface area contributed by atoms with Crippen molar-refractivity contribution in [2.24, 2.45) is 0 Å². The zero-order valence-corrected chi connectivity index (χ0v) is 11.7. The molecule has 1 aliphatic heterocycles.